The average Bonchev–Trinajstić information content (AvgIpc) is 3.30. The molecule has 4 rings (SSSR count). The van der Waals surface area contributed by atoms with E-state index in [0.29, 0.717) is 11.1 Å². The number of fused-ring (bicyclic) bond motifs is 1. The zero-order valence-corrected chi connectivity index (χ0v) is 15.8. The van der Waals surface area contributed by atoms with Gasteiger partial charge in [-0.25, -0.2) is 5.43 Å². The summed E-state index contributed by atoms with van der Waals surface area (Å²) in [7, 11) is 0. The van der Waals surface area contributed by atoms with Crippen molar-refractivity contribution in [1.82, 2.24) is 5.43 Å². The minimum Gasteiger partial charge on any atom is -0.372 e. The first-order valence-corrected chi connectivity index (χ1v) is 10.0. The van der Waals surface area contributed by atoms with Gasteiger partial charge in [0.05, 0.1) is 6.21 Å². The Hall–Kier alpha value is -2.80. The monoisotopic (exact) mass is 392 g/mol. The molecule has 0 saturated carbocycles. The Morgan fingerprint density at radius 3 is 2.19 bits per heavy atom. The fourth-order valence-electron chi connectivity index (χ4n) is 2.87. The van der Waals surface area contributed by atoms with E-state index in [1.165, 1.54) is 9.40 Å². The predicted molar refractivity (Wildman–Crippen MR) is 111 cm³/mol. The lowest BCUT2D eigenvalue weighted by molar-refractivity contribution is -0.136. The molecule has 0 aliphatic carbocycles. The van der Waals surface area contributed by atoms with Gasteiger partial charge in [0.2, 0.25) is 0 Å². The molecule has 1 amide bonds. The summed E-state index contributed by atoms with van der Waals surface area (Å²) in [5, 5.41) is 17.4. The van der Waals surface area contributed by atoms with Crippen molar-refractivity contribution in [3.8, 4) is 0 Å². The lowest BCUT2D eigenvalue weighted by Crippen LogP contribution is -2.43. The van der Waals surface area contributed by atoms with Crippen molar-refractivity contribution in [3.05, 3.63) is 94.2 Å². The van der Waals surface area contributed by atoms with Gasteiger partial charge in [-0.05, 0) is 28.6 Å². The second-order valence-corrected chi connectivity index (χ2v) is 8.00. The summed E-state index contributed by atoms with van der Waals surface area (Å²) in [6, 6.07) is 21.8. The fourth-order valence-corrected chi connectivity index (χ4v) is 4.86. The zero-order valence-electron chi connectivity index (χ0n) is 14.2. The lowest BCUT2D eigenvalue weighted by atomic mass is 9.85. The van der Waals surface area contributed by atoms with Gasteiger partial charge in [0.1, 0.15) is 0 Å². The largest absolute Gasteiger partial charge is 0.372 e. The predicted octanol–water partition coefficient (Wildman–Crippen LogP) is 4.35. The van der Waals surface area contributed by atoms with Crippen LogP contribution in [0.2, 0.25) is 0 Å². The second kappa shape index (κ2) is 7.44. The maximum absolute atomic E-state index is 12.9. The van der Waals surface area contributed by atoms with Gasteiger partial charge >= 0.3 is 0 Å². The Kier molecular flexibility index (Phi) is 4.85. The van der Waals surface area contributed by atoms with E-state index in [4.69, 9.17) is 0 Å². The van der Waals surface area contributed by atoms with Crippen LogP contribution in [-0.2, 0) is 10.4 Å². The van der Waals surface area contributed by atoms with E-state index >= 15 is 0 Å². The zero-order chi connectivity index (χ0) is 18.7. The maximum atomic E-state index is 12.9. The molecule has 0 spiro atoms. The summed E-state index contributed by atoms with van der Waals surface area (Å²) in [4.78, 5) is 13.9. The molecule has 134 valence electrons. The number of benzene rings is 2. The highest BCUT2D eigenvalue weighted by Gasteiger charge is 2.39. The highest BCUT2D eigenvalue weighted by Crippen LogP contribution is 2.30. The number of hydrazone groups is 1. The van der Waals surface area contributed by atoms with Crippen molar-refractivity contribution in [2.45, 2.75) is 5.60 Å². The van der Waals surface area contributed by atoms with Gasteiger partial charge in [-0.1, -0.05) is 60.7 Å². The van der Waals surface area contributed by atoms with Gasteiger partial charge in [0, 0.05) is 14.3 Å². The molecule has 2 aromatic carbocycles. The molecule has 0 aliphatic heterocycles. The van der Waals surface area contributed by atoms with E-state index in [1.54, 1.807) is 77.4 Å². The van der Waals surface area contributed by atoms with Gasteiger partial charge < -0.3 is 5.11 Å². The standard InChI is InChI=1S/C21H16N2O2S2/c24-20(23-22-14-17-13-19-18(27-17)11-12-26-19)21(25,15-7-3-1-4-8-15)16-9-5-2-6-10-16/h1-14,25H,(H,23,24)/b22-14+. The first-order chi connectivity index (χ1) is 13.2. The molecule has 2 aromatic heterocycles. The van der Waals surface area contributed by atoms with Crippen LogP contribution < -0.4 is 5.43 Å². The third kappa shape index (κ3) is 3.42. The molecule has 2 N–H and O–H groups in total. The third-order valence-electron chi connectivity index (χ3n) is 4.23. The normalized spacial score (nSPS) is 11.9. The van der Waals surface area contributed by atoms with Gasteiger partial charge in [-0.2, -0.15) is 5.10 Å². The minimum absolute atomic E-state index is 0.487. The molecule has 0 fully saturated rings. The van der Waals surface area contributed by atoms with Crippen LogP contribution in [0.25, 0.3) is 9.40 Å². The Balaban J connectivity index is 1.61. The van der Waals surface area contributed by atoms with Crippen LogP contribution in [0.15, 0.2) is 83.3 Å². The lowest BCUT2D eigenvalue weighted by Gasteiger charge is -2.26. The van der Waals surface area contributed by atoms with Crippen molar-refractivity contribution in [2.24, 2.45) is 5.10 Å². The van der Waals surface area contributed by atoms with E-state index in [-0.39, 0.29) is 0 Å². The summed E-state index contributed by atoms with van der Waals surface area (Å²) >= 11 is 3.27. The summed E-state index contributed by atoms with van der Waals surface area (Å²) in [6.45, 7) is 0. The molecule has 0 bridgehead atoms. The van der Waals surface area contributed by atoms with Crippen LogP contribution in [0.5, 0.6) is 0 Å². The summed E-state index contributed by atoms with van der Waals surface area (Å²) in [6.07, 6.45) is 1.60. The van der Waals surface area contributed by atoms with Gasteiger partial charge in [0.15, 0.2) is 5.60 Å². The molecule has 27 heavy (non-hydrogen) atoms. The quantitative estimate of drug-likeness (QED) is 0.392. The number of aliphatic hydroxyl groups is 1. The highest BCUT2D eigenvalue weighted by atomic mass is 32.1. The number of hydrogen-bond donors (Lipinski definition) is 2. The Morgan fingerprint density at radius 2 is 1.59 bits per heavy atom. The molecule has 6 heteroatoms. The van der Waals surface area contributed by atoms with E-state index < -0.39 is 11.5 Å². The van der Waals surface area contributed by atoms with Gasteiger partial charge in [-0.3, -0.25) is 4.79 Å². The minimum atomic E-state index is -1.82. The number of nitrogens with zero attached hydrogens (tertiary/aromatic N) is 1. The van der Waals surface area contributed by atoms with E-state index in [9.17, 15) is 9.90 Å². The second-order valence-electron chi connectivity index (χ2n) is 5.94. The molecule has 4 aromatic rings. The fraction of sp³-hybridized carbons (Fsp3) is 0.0476. The molecule has 0 unspecified atom stereocenters. The molecule has 4 nitrogen and oxygen atoms in total. The number of carbonyl (C=O) groups is 1. The number of hydrogen-bond acceptors (Lipinski definition) is 5. The number of nitrogens with one attached hydrogen (secondary N) is 1. The highest BCUT2D eigenvalue weighted by molar-refractivity contribution is 7.27. The smallest absolute Gasteiger partial charge is 0.281 e. The Morgan fingerprint density at radius 1 is 0.963 bits per heavy atom. The molecule has 2 heterocycles. The van der Waals surface area contributed by atoms with Crippen molar-refractivity contribution in [3.63, 3.8) is 0 Å². The first kappa shape index (κ1) is 17.6. The van der Waals surface area contributed by atoms with Gasteiger partial charge in [-0.15, -0.1) is 22.7 Å². The molecule has 0 radical (unpaired) electrons. The van der Waals surface area contributed by atoms with E-state index in [2.05, 4.69) is 16.6 Å². The SMILES string of the molecule is O=C(N/N=C/c1cc2sccc2s1)C(O)(c1ccccc1)c1ccccc1. The van der Waals surface area contributed by atoms with Gasteiger partial charge in [0.25, 0.3) is 5.91 Å². The van der Waals surface area contributed by atoms with Crippen molar-refractivity contribution < 1.29 is 9.90 Å². The van der Waals surface area contributed by atoms with Crippen molar-refractivity contribution in [2.75, 3.05) is 0 Å². The van der Waals surface area contributed by atoms with Crippen LogP contribution in [0.3, 0.4) is 0 Å². The molecular formula is C21H16N2O2S2. The number of amides is 1. The molecule has 0 atom stereocenters. The Labute approximate surface area is 164 Å². The molecule has 0 saturated heterocycles. The molecule has 0 aliphatic rings. The average molecular weight is 393 g/mol. The number of thiophene rings is 2. The van der Waals surface area contributed by atoms with Crippen LogP contribution in [0.1, 0.15) is 16.0 Å². The summed E-state index contributed by atoms with van der Waals surface area (Å²) in [5.74, 6) is -0.602. The Bertz CT molecular complexity index is 1020. The summed E-state index contributed by atoms with van der Waals surface area (Å²) in [5.41, 5.74) is 1.65. The van der Waals surface area contributed by atoms with Crippen molar-refractivity contribution >= 4 is 44.2 Å². The number of rotatable bonds is 5. The summed E-state index contributed by atoms with van der Waals surface area (Å²) < 4.78 is 2.38. The first-order valence-electron chi connectivity index (χ1n) is 8.32. The van der Waals surface area contributed by atoms with E-state index in [1.807, 2.05) is 23.6 Å². The number of carbonyl (C=O) groups excluding carboxylic acids is 1. The van der Waals surface area contributed by atoms with Crippen LogP contribution in [0.4, 0.5) is 0 Å². The van der Waals surface area contributed by atoms with Crippen LogP contribution in [-0.4, -0.2) is 17.2 Å². The van der Waals surface area contributed by atoms with Crippen LogP contribution >= 0.6 is 22.7 Å². The van der Waals surface area contributed by atoms with Crippen LogP contribution in [0, 0.1) is 0 Å². The maximum Gasteiger partial charge on any atom is 0.281 e. The van der Waals surface area contributed by atoms with E-state index in [0.717, 1.165) is 4.88 Å². The third-order valence-corrected chi connectivity index (χ3v) is 6.26. The van der Waals surface area contributed by atoms with Crippen molar-refractivity contribution in [1.29, 1.82) is 0 Å². The topological polar surface area (TPSA) is 61.7 Å². The molecular weight excluding hydrogens is 376 g/mol.